The van der Waals surface area contributed by atoms with Crippen molar-refractivity contribution in [1.82, 2.24) is 10.2 Å². The third-order valence-electron chi connectivity index (χ3n) is 3.40. The molecule has 106 valence electrons. The SMILES string of the molecule is NCc1n[nH]c(=O)c2cc(NCc3ccccc3)ccc12. The Labute approximate surface area is 121 Å². The highest BCUT2D eigenvalue weighted by Gasteiger charge is 2.06. The van der Waals surface area contributed by atoms with E-state index in [-0.39, 0.29) is 5.56 Å². The minimum Gasteiger partial charge on any atom is -0.381 e. The molecule has 21 heavy (non-hydrogen) atoms. The number of anilines is 1. The molecule has 4 N–H and O–H groups in total. The van der Waals surface area contributed by atoms with E-state index in [0.29, 0.717) is 24.2 Å². The van der Waals surface area contributed by atoms with Gasteiger partial charge in [-0.05, 0) is 17.7 Å². The summed E-state index contributed by atoms with van der Waals surface area (Å²) in [7, 11) is 0. The van der Waals surface area contributed by atoms with Crippen LogP contribution in [-0.4, -0.2) is 10.2 Å². The number of benzene rings is 2. The first-order valence-electron chi connectivity index (χ1n) is 6.77. The zero-order valence-corrected chi connectivity index (χ0v) is 11.5. The Balaban J connectivity index is 1.91. The molecular formula is C16H16N4O. The third kappa shape index (κ3) is 2.78. The van der Waals surface area contributed by atoms with Gasteiger partial charge in [-0.15, -0.1) is 0 Å². The van der Waals surface area contributed by atoms with Gasteiger partial charge in [-0.25, -0.2) is 5.10 Å². The Bertz CT molecular complexity index is 811. The molecule has 0 aliphatic carbocycles. The summed E-state index contributed by atoms with van der Waals surface area (Å²) in [5, 5.41) is 11.2. The van der Waals surface area contributed by atoms with Crippen LogP contribution >= 0.6 is 0 Å². The number of nitrogens with zero attached hydrogens (tertiary/aromatic N) is 1. The lowest BCUT2D eigenvalue weighted by Gasteiger charge is -2.08. The standard InChI is InChI=1S/C16H16N4O/c17-9-15-13-7-6-12(8-14(13)16(21)20-19-15)18-10-11-4-2-1-3-5-11/h1-8,18H,9-10,17H2,(H,20,21). The van der Waals surface area contributed by atoms with Crippen LogP contribution in [0, 0.1) is 0 Å². The molecule has 0 aliphatic heterocycles. The monoisotopic (exact) mass is 280 g/mol. The first-order chi connectivity index (χ1) is 10.3. The van der Waals surface area contributed by atoms with E-state index in [0.717, 1.165) is 11.1 Å². The van der Waals surface area contributed by atoms with E-state index in [9.17, 15) is 4.79 Å². The van der Waals surface area contributed by atoms with E-state index >= 15 is 0 Å². The third-order valence-corrected chi connectivity index (χ3v) is 3.40. The molecule has 0 saturated heterocycles. The van der Waals surface area contributed by atoms with Crippen molar-refractivity contribution in [3.05, 3.63) is 70.1 Å². The molecule has 0 spiro atoms. The summed E-state index contributed by atoms with van der Waals surface area (Å²) in [6, 6.07) is 15.7. The lowest BCUT2D eigenvalue weighted by atomic mass is 10.1. The highest BCUT2D eigenvalue weighted by Crippen LogP contribution is 2.18. The molecule has 1 heterocycles. The van der Waals surface area contributed by atoms with Crippen LogP contribution in [0.2, 0.25) is 0 Å². The van der Waals surface area contributed by atoms with Crippen LogP contribution in [0.1, 0.15) is 11.3 Å². The second-order valence-corrected chi connectivity index (χ2v) is 4.80. The maximum Gasteiger partial charge on any atom is 0.272 e. The average molecular weight is 280 g/mol. The molecular weight excluding hydrogens is 264 g/mol. The van der Waals surface area contributed by atoms with Crippen molar-refractivity contribution in [3.63, 3.8) is 0 Å². The minimum absolute atomic E-state index is 0.203. The molecule has 2 aromatic carbocycles. The van der Waals surface area contributed by atoms with Gasteiger partial charge in [0.15, 0.2) is 0 Å². The Morgan fingerprint density at radius 2 is 1.90 bits per heavy atom. The second kappa shape index (κ2) is 5.76. The number of nitrogens with two attached hydrogens (primary N) is 1. The van der Waals surface area contributed by atoms with E-state index in [1.807, 2.05) is 36.4 Å². The molecule has 0 bridgehead atoms. The van der Waals surface area contributed by atoms with Gasteiger partial charge >= 0.3 is 0 Å². The fraction of sp³-hybridized carbons (Fsp3) is 0.125. The molecule has 0 radical (unpaired) electrons. The van der Waals surface area contributed by atoms with E-state index in [4.69, 9.17) is 5.73 Å². The van der Waals surface area contributed by atoms with Gasteiger partial charge < -0.3 is 11.1 Å². The fourth-order valence-electron chi connectivity index (χ4n) is 2.29. The summed E-state index contributed by atoms with van der Waals surface area (Å²) in [4.78, 5) is 11.9. The van der Waals surface area contributed by atoms with Crippen molar-refractivity contribution in [2.24, 2.45) is 5.73 Å². The van der Waals surface area contributed by atoms with Crippen molar-refractivity contribution >= 4 is 16.5 Å². The van der Waals surface area contributed by atoms with Crippen LogP contribution in [0.5, 0.6) is 0 Å². The van der Waals surface area contributed by atoms with Gasteiger partial charge in [0.2, 0.25) is 0 Å². The van der Waals surface area contributed by atoms with Crippen molar-refractivity contribution < 1.29 is 0 Å². The first-order valence-corrected chi connectivity index (χ1v) is 6.77. The number of aromatic amines is 1. The zero-order valence-electron chi connectivity index (χ0n) is 11.5. The van der Waals surface area contributed by atoms with Crippen LogP contribution in [0.3, 0.4) is 0 Å². The molecule has 3 rings (SSSR count). The number of nitrogens with one attached hydrogen (secondary N) is 2. The van der Waals surface area contributed by atoms with Crippen LogP contribution < -0.4 is 16.6 Å². The van der Waals surface area contributed by atoms with E-state index < -0.39 is 0 Å². The topological polar surface area (TPSA) is 83.8 Å². The Morgan fingerprint density at radius 3 is 2.67 bits per heavy atom. The van der Waals surface area contributed by atoms with Crippen LogP contribution in [0.4, 0.5) is 5.69 Å². The number of rotatable bonds is 4. The smallest absolute Gasteiger partial charge is 0.272 e. The van der Waals surface area contributed by atoms with E-state index in [1.165, 1.54) is 5.56 Å². The molecule has 0 aliphatic rings. The van der Waals surface area contributed by atoms with E-state index in [1.54, 1.807) is 0 Å². The van der Waals surface area contributed by atoms with Gasteiger partial charge in [0, 0.05) is 24.2 Å². The van der Waals surface area contributed by atoms with Gasteiger partial charge in [0.25, 0.3) is 5.56 Å². The second-order valence-electron chi connectivity index (χ2n) is 4.80. The van der Waals surface area contributed by atoms with Gasteiger partial charge in [-0.1, -0.05) is 36.4 Å². The summed E-state index contributed by atoms with van der Waals surface area (Å²) in [6.07, 6.45) is 0. The summed E-state index contributed by atoms with van der Waals surface area (Å²) >= 11 is 0. The molecule has 0 atom stereocenters. The summed E-state index contributed by atoms with van der Waals surface area (Å²) in [6.45, 7) is 1.00. The Kier molecular flexibility index (Phi) is 3.66. The Hall–Kier alpha value is -2.66. The number of hydrogen-bond acceptors (Lipinski definition) is 4. The summed E-state index contributed by atoms with van der Waals surface area (Å²) in [5.41, 5.74) is 8.21. The van der Waals surface area contributed by atoms with Gasteiger partial charge in [-0.3, -0.25) is 4.79 Å². The highest BCUT2D eigenvalue weighted by molar-refractivity contribution is 5.86. The van der Waals surface area contributed by atoms with Crippen molar-refractivity contribution in [2.45, 2.75) is 13.1 Å². The first kappa shape index (κ1) is 13.3. The maximum atomic E-state index is 11.9. The van der Waals surface area contributed by atoms with Crippen molar-refractivity contribution in [2.75, 3.05) is 5.32 Å². The average Bonchev–Trinajstić information content (AvgIpc) is 2.54. The van der Waals surface area contributed by atoms with Crippen LogP contribution in [-0.2, 0) is 13.1 Å². The lowest BCUT2D eigenvalue weighted by molar-refractivity contribution is 0.900. The van der Waals surface area contributed by atoms with Crippen LogP contribution in [0.15, 0.2) is 53.3 Å². The molecule has 0 fully saturated rings. The van der Waals surface area contributed by atoms with Crippen molar-refractivity contribution in [1.29, 1.82) is 0 Å². The molecule has 0 unspecified atom stereocenters. The predicted octanol–water partition coefficient (Wildman–Crippen LogP) is 1.99. The van der Waals surface area contributed by atoms with Crippen LogP contribution in [0.25, 0.3) is 10.8 Å². The highest BCUT2D eigenvalue weighted by atomic mass is 16.1. The summed E-state index contributed by atoms with van der Waals surface area (Å²) in [5.74, 6) is 0. The quantitative estimate of drug-likeness (QED) is 0.682. The normalized spacial score (nSPS) is 10.7. The number of hydrogen-bond donors (Lipinski definition) is 3. The largest absolute Gasteiger partial charge is 0.381 e. The molecule has 0 saturated carbocycles. The molecule has 1 aromatic heterocycles. The minimum atomic E-state index is -0.203. The van der Waals surface area contributed by atoms with Gasteiger partial charge in [-0.2, -0.15) is 5.10 Å². The number of H-pyrrole nitrogens is 1. The number of fused-ring (bicyclic) bond motifs is 1. The maximum absolute atomic E-state index is 11.9. The van der Waals surface area contributed by atoms with Crippen molar-refractivity contribution in [3.8, 4) is 0 Å². The van der Waals surface area contributed by atoms with Gasteiger partial charge in [0.1, 0.15) is 0 Å². The molecule has 3 aromatic rings. The van der Waals surface area contributed by atoms with E-state index in [2.05, 4.69) is 27.6 Å². The summed E-state index contributed by atoms with van der Waals surface area (Å²) < 4.78 is 0. The fourth-order valence-corrected chi connectivity index (χ4v) is 2.29. The molecule has 5 heteroatoms. The van der Waals surface area contributed by atoms with Gasteiger partial charge in [0.05, 0.1) is 11.1 Å². The zero-order chi connectivity index (χ0) is 14.7. The lowest BCUT2D eigenvalue weighted by Crippen LogP contribution is -2.13. The predicted molar refractivity (Wildman–Crippen MR) is 84.0 cm³/mol. The molecule has 0 amide bonds. The Morgan fingerprint density at radius 1 is 1.10 bits per heavy atom. The number of aromatic nitrogens is 2. The molecule has 5 nitrogen and oxygen atoms in total.